The van der Waals surface area contributed by atoms with Crippen molar-refractivity contribution in [2.75, 3.05) is 16.8 Å². The minimum absolute atomic E-state index is 0.0746. The Hall–Kier alpha value is -2.11. The van der Waals surface area contributed by atoms with Crippen molar-refractivity contribution in [1.29, 1.82) is 0 Å². The Bertz CT molecular complexity index is 748. The second-order valence-electron chi connectivity index (χ2n) is 5.18. The van der Waals surface area contributed by atoms with Gasteiger partial charge in [-0.3, -0.25) is 14.5 Å². The number of fused-ring (bicyclic) bond motifs is 1. The van der Waals surface area contributed by atoms with Crippen LogP contribution in [0.25, 0.3) is 0 Å². The van der Waals surface area contributed by atoms with Gasteiger partial charge in [0, 0.05) is 11.2 Å². The highest BCUT2D eigenvalue weighted by Gasteiger charge is 2.28. The molecule has 0 spiro atoms. The Morgan fingerprint density at radius 1 is 1.25 bits per heavy atom. The molecule has 0 bridgehead atoms. The number of benzene rings is 1. The molecule has 0 fully saturated rings. The Morgan fingerprint density at radius 3 is 2.58 bits per heavy atom. The number of amides is 2. The van der Waals surface area contributed by atoms with Gasteiger partial charge in [0.25, 0.3) is 5.91 Å². The van der Waals surface area contributed by atoms with Gasteiger partial charge < -0.3 is 5.32 Å². The zero-order valence-electron chi connectivity index (χ0n) is 13.3. The number of carbonyl (C=O) groups is 2. The molecule has 2 amide bonds. The van der Waals surface area contributed by atoms with Crippen molar-refractivity contribution < 1.29 is 9.59 Å². The van der Waals surface area contributed by atoms with Crippen molar-refractivity contribution in [3.05, 3.63) is 52.3 Å². The molecule has 0 radical (unpaired) electrons. The first-order chi connectivity index (χ1) is 11.5. The van der Waals surface area contributed by atoms with Crippen molar-refractivity contribution in [3.63, 3.8) is 0 Å². The Kier molecular flexibility index (Phi) is 6.17. The molecule has 2 aromatic rings. The molecule has 1 aliphatic rings. The summed E-state index contributed by atoms with van der Waals surface area (Å²) in [7, 11) is 0. The minimum atomic E-state index is -0.336. The van der Waals surface area contributed by atoms with E-state index < -0.39 is 0 Å². The number of halogens is 2. The maximum Gasteiger partial charge on any atom is 0.260 e. The molecule has 7 heteroatoms. The Labute approximate surface area is 150 Å². The molecule has 24 heavy (non-hydrogen) atoms. The standard InChI is InChI=1S/C14H9Cl2N3O2.C3H8/c15-9-2-3-10-11(5-9)19(7-13(20)18-10)14(21)8-1-4-12(16)17-6-8;1-3-2/h1-6H,7H2,(H,18,20);3H2,1-2H3. The maximum atomic E-state index is 12.6. The normalized spacial score (nSPS) is 12.7. The van der Waals surface area contributed by atoms with Crippen molar-refractivity contribution in [3.8, 4) is 0 Å². The SMILES string of the molecule is CCC.O=C1CN(C(=O)c2ccc(Cl)nc2)c2cc(Cl)ccc2N1. The third kappa shape index (κ3) is 4.24. The summed E-state index contributed by atoms with van der Waals surface area (Å²) < 4.78 is 0. The van der Waals surface area contributed by atoms with Gasteiger partial charge in [-0.05, 0) is 30.3 Å². The van der Waals surface area contributed by atoms with Gasteiger partial charge in [-0.25, -0.2) is 4.98 Å². The minimum Gasteiger partial charge on any atom is -0.323 e. The van der Waals surface area contributed by atoms with Crippen molar-refractivity contribution in [2.45, 2.75) is 20.3 Å². The monoisotopic (exact) mass is 365 g/mol. The van der Waals surface area contributed by atoms with Gasteiger partial charge in [0.1, 0.15) is 11.7 Å². The fraction of sp³-hybridized carbons (Fsp3) is 0.235. The van der Waals surface area contributed by atoms with E-state index in [-0.39, 0.29) is 18.4 Å². The summed E-state index contributed by atoms with van der Waals surface area (Å²) in [6.07, 6.45) is 2.63. The Balaban J connectivity index is 0.000000647. The number of nitrogens with zero attached hydrogens (tertiary/aromatic N) is 2. The number of hydrogen-bond acceptors (Lipinski definition) is 3. The Morgan fingerprint density at radius 2 is 1.96 bits per heavy atom. The van der Waals surface area contributed by atoms with Crippen LogP contribution < -0.4 is 10.2 Å². The highest BCUT2D eigenvalue weighted by atomic mass is 35.5. The zero-order valence-corrected chi connectivity index (χ0v) is 14.9. The second kappa shape index (κ2) is 8.13. The summed E-state index contributed by atoms with van der Waals surface area (Å²) in [6.45, 7) is 4.18. The van der Waals surface area contributed by atoms with E-state index in [1.54, 1.807) is 24.3 Å². The van der Waals surface area contributed by atoms with Crippen molar-refractivity contribution >= 4 is 46.4 Å². The van der Waals surface area contributed by atoms with Crippen LogP contribution in [0.3, 0.4) is 0 Å². The number of rotatable bonds is 1. The van der Waals surface area contributed by atoms with Gasteiger partial charge in [0.05, 0.1) is 16.9 Å². The van der Waals surface area contributed by atoms with E-state index in [1.807, 2.05) is 0 Å². The van der Waals surface area contributed by atoms with Crippen LogP contribution in [-0.2, 0) is 4.79 Å². The fourth-order valence-corrected chi connectivity index (χ4v) is 2.37. The third-order valence-corrected chi connectivity index (χ3v) is 3.50. The van der Waals surface area contributed by atoms with Gasteiger partial charge in [-0.2, -0.15) is 0 Å². The fourth-order valence-electron chi connectivity index (χ4n) is 2.09. The first kappa shape index (κ1) is 18.2. The summed E-state index contributed by atoms with van der Waals surface area (Å²) in [5.41, 5.74) is 1.45. The highest BCUT2D eigenvalue weighted by Crippen LogP contribution is 2.33. The van der Waals surface area contributed by atoms with Crippen LogP contribution in [0.2, 0.25) is 10.2 Å². The predicted octanol–water partition coefficient (Wildman–Crippen LogP) is 4.40. The molecule has 126 valence electrons. The molecular weight excluding hydrogens is 349 g/mol. The first-order valence-corrected chi connectivity index (χ1v) is 8.24. The topological polar surface area (TPSA) is 62.3 Å². The maximum absolute atomic E-state index is 12.6. The molecule has 0 saturated carbocycles. The smallest absolute Gasteiger partial charge is 0.260 e. The average Bonchev–Trinajstić information content (AvgIpc) is 2.55. The summed E-state index contributed by atoms with van der Waals surface area (Å²) in [5.74, 6) is -0.599. The molecule has 3 rings (SSSR count). The lowest BCUT2D eigenvalue weighted by Crippen LogP contribution is -2.42. The number of hydrogen-bond donors (Lipinski definition) is 1. The summed E-state index contributed by atoms with van der Waals surface area (Å²) in [4.78, 5) is 29.5. The first-order valence-electron chi connectivity index (χ1n) is 7.49. The summed E-state index contributed by atoms with van der Waals surface area (Å²) in [5, 5.41) is 3.49. The molecule has 5 nitrogen and oxygen atoms in total. The van der Waals surface area contributed by atoms with E-state index in [9.17, 15) is 9.59 Å². The van der Waals surface area contributed by atoms with Gasteiger partial charge in [-0.15, -0.1) is 0 Å². The molecule has 0 atom stereocenters. The number of anilines is 2. The van der Waals surface area contributed by atoms with Crippen LogP contribution >= 0.6 is 23.2 Å². The van der Waals surface area contributed by atoms with Crippen LogP contribution in [0.1, 0.15) is 30.6 Å². The quantitative estimate of drug-likeness (QED) is 0.761. The third-order valence-electron chi connectivity index (χ3n) is 3.05. The molecule has 0 saturated heterocycles. The van der Waals surface area contributed by atoms with Crippen LogP contribution in [0, 0.1) is 0 Å². The number of pyridine rings is 1. The molecular formula is C17H17Cl2N3O2. The van der Waals surface area contributed by atoms with E-state index in [4.69, 9.17) is 23.2 Å². The molecule has 1 aromatic heterocycles. The molecule has 1 aromatic carbocycles. The molecule has 0 aliphatic carbocycles. The molecule has 1 N–H and O–H groups in total. The number of nitrogens with one attached hydrogen (secondary N) is 1. The van der Waals surface area contributed by atoms with Gasteiger partial charge in [-0.1, -0.05) is 43.5 Å². The van der Waals surface area contributed by atoms with Gasteiger partial charge >= 0.3 is 0 Å². The average molecular weight is 366 g/mol. The van der Waals surface area contributed by atoms with Crippen LogP contribution in [0.4, 0.5) is 11.4 Å². The van der Waals surface area contributed by atoms with Crippen LogP contribution in [-0.4, -0.2) is 23.3 Å². The van der Waals surface area contributed by atoms with E-state index >= 15 is 0 Å². The lowest BCUT2D eigenvalue weighted by Gasteiger charge is -2.29. The zero-order chi connectivity index (χ0) is 17.7. The lowest BCUT2D eigenvalue weighted by molar-refractivity contribution is -0.115. The number of aromatic nitrogens is 1. The predicted molar refractivity (Wildman–Crippen MR) is 97.0 cm³/mol. The van der Waals surface area contributed by atoms with Crippen LogP contribution in [0.15, 0.2) is 36.5 Å². The van der Waals surface area contributed by atoms with E-state index in [1.165, 1.54) is 23.6 Å². The largest absolute Gasteiger partial charge is 0.323 e. The molecule has 0 unspecified atom stereocenters. The van der Waals surface area contributed by atoms with Crippen LogP contribution in [0.5, 0.6) is 0 Å². The van der Waals surface area contributed by atoms with Gasteiger partial charge in [0.2, 0.25) is 5.91 Å². The molecule has 2 heterocycles. The van der Waals surface area contributed by atoms with E-state index in [2.05, 4.69) is 24.1 Å². The lowest BCUT2D eigenvalue weighted by atomic mass is 10.1. The molecule has 1 aliphatic heterocycles. The highest BCUT2D eigenvalue weighted by molar-refractivity contribution is 6.31. The number of carbonyl (C=O) groups excluding carboxylic acids is 2. The van der Waals surface area contributed by atoms with E-state index in [0.29, 0.717) is 27.1 Å². The van der Waals surface area contributed by atoms with Crippen molar-refractivity contribution in [2.24, 2.45) is 0 Å². The summed E-state index contributed by atoms with van der Waals surface area (Å²) >= 11 is 11.7. The summed E-state index contributed by atoms with van der Waals surface area (Å²) in [6, 6.07) is 8.04. The van der Waals surface area contributed by atoms with Crippen molar-refractivity contribution in [1.82, 2.24) is 4.98 Å². The second-order valence-corrected chi connectivity index (χ2v) is 6.00. The van der Waals surface area contributed by atoms with Gasteiger partial charge in [0.15, 0.2) is 0 Å². The van der Waals surface area contributed by atoms with E-state index in [0.717, 1.165) is 0 Å².